The van der Waals surface area contributed by atoms with Crippen molar-refractivity contribution in [2.24, 2.45) is 0 Å². The molecule has 0 amide bonds. The Morgan fingerprint density at radius 1 is 1.08 bits per heavy atom. The van der Waals surface area contributed by atoms with Crippen LogP contribution in [0.25, 0.3) is 10.2 Å². The first-order valence-electron chi connectivity index (χ1n) is 7.45. The third-order valence-corrected chi connectivity index (χ3v) is 8.40. The van der Waals surface area contributed by atoms with E-state index in [1.165, 1.54) is 6.07 Å². The van der Waals surface area contributed by atoms with Crippen LogP contribution in [0.15, 0.2) is 51.7 Å². The summed E-state index contributed by atoms with van der Waals surface area (Å²) in [5.41, 5.74) is 1.53. The number of anilines is 1. The number of sulfonamides is 1. The van der Waals surface area contributed by atoms with Crippen LogP contribution in [0.4, 0.5) is 5.69 Å². The molecule has 0 aliphatic rings. The Bertz CT molecular complexity index is 1150. The Kier molecular flexibility index (Phi) is 4.56. The van der Waals surface area contributed by atoms with Gasteiger partial charge in [-0.05, 0) is 36.8 Å². The molecule has 0 radical (unpaired) electrons. The quantitative estimate of drug-likeness (QED) is 0.715. The highest BCUT2D eigenvalue weighted by Gasteiger charge is 2.19. The summed E-state index contributed by atoms with van der Waals surface area (Å²) in [5, 5.41) is 0. The highest BCUT2D eigenvalue weighted by Crippen LogP contribution is 2.29. The third-order valence-electron chi connectivity index (χ3n) is 3.65. The van der Waals surface area contributed by atoms with Crippen LogP contribution in [0.1, 0.15) is 12.5 Å². The molecule has 2 aromatic carbocycles. The molecule has 0 saturated heterocycles. The van der Waals surface area contributed by atoms with Crippen molar-refractivity contribution in [1.82, 2.24) is 4.98 Å². The molecule has 9 heteroatoms. The van der Waals surface area contributed by atoms with Gasteiger partial charge in [0.15, 0.2) is 0 Å². The Balaban J connectivity index is 1.99. The summed E-state index contributed by atoms with van der Waals surface area (Å²) >= 11 is 1.03. The minimum absolute atomic E-state index is 0.0282. The summed E-state index contributed by atoms with van der Waals surface area (Å²) in [4.78, 5) is 4.32. The molecule has 0 aliphatic carbocycles. The van der Waals surface area contributed by atoms with Crippen molar-refractivity contribution >= 4 is 47.1 Å². The molecule has 1 heterocycles. The maximum atomic E-state index is 12.6. The summed E-state index contributed by atoms with van der Waals surface area (Å²) in [6.07, 6.45) is 0. The van der Waals surface area contributed by atoms with E-state index in [4.69, 9.17) is 0 Å². The van der Waals surface area contributed by atoms with Crippen LogP contribution in [0.2, 0.25) is 0 Å². The zero-order valence-electron chi connectivity index (χ0n) is 13.6. The lowest BCUT2D eigenvalue weighted by Gasteiger charge is -2.10. The maximum absolute atomic E-state index is 12.6. The van der Waals surface area contributed by atoms with Crippen LogP contribution in [-0.2, 0) is 19.9 Å². The van der Waals surface area contributed by atoms with E-state index in [1.807, 2.05) is 0 Å². The second-order valence-corrected chi connectivity index (χ2v) is 10.6. The molecule has 0 bridgehead atoms. The van der Waals surface area contributed by atoms with E-state index < -0.39 is 19.9 Å². The van der Waals surface area contributed by atoms with Gasteiger partial charge in [0.05, 0.1) is 26.6 Å². The summed E-state index contributed by atoms with van der Waals surface area (Å²) in [7, 11) is -7.11. The summed E-state index contributed by atoms with van der Waals surface area (Å²) < 4.78 is 52.2. The van der Waals surface area contributed by atoms with E-state index in [0.717, 1.165) is 11.3 Å². The molecule has 25 heavy (non-hydrogen) atoms. The number of benzene rings is 2. The van der Waals surface area contributed by atoms with Gasteiger partial charge < -0.3 is 0 Å². The molecule has 6 nitrogen and oxygen atoms in total. The molecule has 0 fully saturated rings. The molecule has 3 rings (SSSR count). The molecular weight excluding hydrogens is 380 g/mol. The van der Waals surface area contributed by atoms with Crippen molar-refractivity contribution < 1.29 is 16.8 Å². The van der Waals surface area contributed by atoms with Gasteiger partial charge in [-0.3, -0.25) is 4.72 Å². The molecule has 0 atom stereocenters. The standard InChI is InChI=1S/C16H16N2O4S3/c1-3-24(19,20)16-17-13-9-8-12(10-14(13)23-16)18-25(21,22)15-7-5-4-6-11(15)2/h4-10,18H,3H2,1-2H3. The van der Waals surface area contributed by atoms with Crippen molar-refractivity contribution in [2.45, 2.75) is 23.1 Å². The van der Waals surface area contributed by atoms with Gasteiger partial charge >= 0.3 is 0 Å². The fraction of sp³-hybridized carbons (Fsp3) is 0.188. The van der Waals surface area contributed by atoms with E-state index in [2.05, 4.69) is 9.71 Å². The molecule has 0 saturated carbocycles. The zero-order valence-corrected chi connectivity index (χ0v) is 16.0. The Morgan fingerprint density at radius 3 is 2.48 bits per heavy atom. The highest BCUT2D eigenvalue weighted by molar-refractivity contribution is 7.93. The molecule has 0 aliphatic heterocycles. The smallest absolute Gasteiger partial charge is 0.262 e. The van der Waals surface area contributed by atoms with Crippen molar-refractivity contribution in [2.75, 3.05) is 10.5 Å². The SMILES string of the molecule is CCS(=O)(=O)c1nc2ccc(NS(=O)(=O)c3ccccc3C)cc2s1. The van der Waals surface area contributed by atoms with Crippen LogP contribution < -0.4 is 4.72 Å². The molecular formula is C16H16N2O4S3. The van der Waals surface area contributed by atoms with Gasteiger partial charge in [-0.25, -0.2) is 21.8 Å². The van der Waals surface area contributed by atoms with Gasteiger partial charge in [-0.15, -0.1) is 11.3 Å². The second kappa shape index (κ2) is 6.40. The number of aromatic nitrogens is 1. The summed E-state index contributed by atoms with van der Waals surface area (Å²) in [5.74, 6) is -0.0282. The fourth-order valence-corrected chi connectivity index (χ4v) is 5.94. The van der Waals surface area contributed by atoms with Gasteiger partial charge in [0.2, 0.25) is 14.2 Å². The van der Waals surface area contributed by atoms with Gasteiger partial charge in [-0.1, -0.05) is 25.1 Å². The second-order valence-electron chi connectivity index (χ2n) is 5.44. The van der Waals surface area contributed by atoms with Crippen LogP contribution in [0, 0.1) is 6.92 Å². The van der Waals surface area contributed by atoms with E-state index in [0.29, 0.717) is 21.5 Å². The van der Waals surface area contributed by atoms with Crippen molar-refractivity contribution in [1.29, 1.82) is 0 Å². The minimum atomic E-state index is -3.72. The fourth-order valence-electron chi connectivity index (χ4n) is 2.29. The summed E-state index contributed by atoms with van der Waals surface area (Å²) in [6.45, 7) is 3.28. The maximum Gasteiger partial charge on any atom is 0.262 e. The van der Waals surface area contributed by atoms with Gasteiger partial charge in [0.1, 0.15) is 0 Å². The number of hydrogen-bond donors (Lipinski definition) is 1. The number of hydrogen-bond acceptors (Lipinski definition) is 6. The molecule has 0 spiro atoms. The predicted molar refractivity (Wildman–Crippen MR) is 99.3 cm³/mol. The zero-order chi connectivity index (χ0) is 18.2. The topological polar surface area (TPSA) is 93.2 Å². The van der Waals surface area contributed by atoms with E-state index in [9.17, 15) is 16.8 Å². The monoisotopic (exact) mass is 396 g/mol. The number of sulfone groups is 1. The first-order valence-corrected chi connectivity index (χ1v) is 11.4. The Labute approximate surface area is 150 Å². The number of nitrogens with one attached hydrogen (secondary N) is 1. The average Bonchev–Trinajstić information content (AvgIpc) is 2.99. The lowest BCUT2D eigenvalue weighted by atomic mass is 10.2. The molecule has 0 unspecified atom stereocenters. The van der Waals surface area contributed by atoms with E-state index in [-0.39, 0.29) is 15.0 Å². The predicted octanol–water partition coefficient (Wildman–Crippen LogP) is 3.20. The number of fused-ring (bicyclic) bond motifs is 1. The van der Waals surface area contributed by atoms with Crippen LogP contribution >= 0.6 is 11.3 Å². The van der Waals surface area contributed by atoms with Crippen molar-refractivity contribution in [3.05, 3.63) is 48.0 Å². The number of thiazole rings is 1. The van der Waals surface area contributed by atoms with Gasteiger partial charge in [-0.2, -0.15) is 0 Å². The van der Waals surface area contributed by atoms with Gasteiger partial charge in [0.25, 0.3) is 10.0 Å². The lowest BCUT2D eigenvalue weighted by molar-refractivity contribution is 0.596. The largest absolute Gasteiger partial charge is 0.280 e. The minimum Gasteiger partial charge on any atom is -0.280 e. The molecule has 1 aromatic heterocycles. The Hall–Kier alpha value is -1.97. The Morgan fingerprint density at radius 2 is 1.80 bits per heavy atom. The lowest BCUT2D eigenvalue weighted by Crippen LogP contribution is -2.14. The normalized spacial score (nSPS) is 12.4. The molecule has 132 valence electrons. The first-order chi connectivity index (χ1) is 11.7. The summed E-state index contributed by atoms with van der Waals surface area (Å²) in [6, 6.07) is 11.5. The number of nitrogens with zero attached hydrogens (tertiary/aromatic N) is 1. The van der Waals surface area contributed by atoms with E-state index in [1.54, 1.807) is 50.2 Å². The van der Waals surface area contributed by atoms with Crippen LogP contribution in [0.3, 0.4) is 0 Å². The first kappa shape index (κ1) is 17.8. The third kappa shape index (κ3) is 3.53. The highest BCUT2D eigenvalue weighted by atomic mass is 32.2. The number of aryl methyl sites for hydroxylation is 1. The number of rotatable bonds is 5. The van der Waals surface area contributed by atoms with Crippen molar-refractivity contribution in [3.8, 4) is 0 Å². The van der Waals surface area contributed by atoms with Gasteiger partial charge in [0, 0.05) is 0 Å². The van der Waals surface area contributed by atoms with E-state index >= 15 is 0 Å². The van der Waals surface area contributed by atoms with Crippen molar-refractivity contribution in [3.63, 3.8) is 0 Å². The van der Waals surface area contributed by atoms with Crippen LogP contribution in [0.5, 0.6) is 0 Å². The molecule has 3 aromatic rings. The molecule has 1 N–H and O–H groups in total. The average molecular weight is 397 g/mol. The van der Waals surface area contributed by atoms with Crippen LogP contribution in [-0.4, -0.2) is 27.6 Å².